The Kier molecular flexibility index (Phi) is 7.84. The van der Waals surface area contributed by atoms with Crippen LogP contribution in [-0.2, 0) is 12.7 Å². The van der Waals surface area contributed by atoms with Crippen molar-refractivity contribution < 1.29 is 31.8 Å². The zero-order valence-electron chi connectivity index (χ0n) is 20.6. The third-order valence-electron chi connectivity index (χ3n) is 6.94. The molecule has 2 heterocycles. The van der Waals surface area contributed by atoms with E-state index in [0.29, 0.717) is 29.1 Å². The molecule has 0 aliphatic carbocycles. The molecule has 4 rings (SSSR count). The number of hydrogen-bond donors (Lipinski definition) is 1. The molecule has 0 bridgehead atoms. The summed E-state index contributed by atoms with van der Waals surface area (Å²) >= 11 is 0. The number of piperidine rings is 1. The van der Waals surface area contributed by atoms with E-state index in [0.717, 1.165) is 38.1 Å². The summed E-state index contributed by atoms with van der Waals surface area (Å²) in [4.78, 5) is 2.18. The van der Waals surface area contributed by atoms with Crippen LogP contribution in [0, 0.1) is 11.3 Å². The lowest BCUT2D eigenvalue weighted by Gasteiger charge is -2.40. The van der Waals surface area contributed by atoms with Gasteiger partial charge in [0.05, 0.1) is 17.4 Å². The van der Waals surface area contributed by atoms with E-state index in [1.54, 1.807) is 12.1 Å². The fraction of sp³-hybridized carbons (Fsp3) is 0.462. The molecule has 1 fully saturated rings. The van der Waals surface area contributed by atoms with Crippen LogP contribution < -0.4 is 4.74 Å². The first-order chi connectivity index (χ1) is 17.5. The van der Waals surface area contributed by atoms with Gasteiger partial charge in [-0.3, -0.25) is 4.90 Å². The molecule has 37 heavy (non-hydrogen) atoms. The van der Waals surface area contributed by atoms with Crippen LogP contribution in [0.25, 0.3) is 16.9 Å². The summed E-state index contributed by atoms with van der Waals surface area (Å²) in [5.41, 5.74) is 0.777. The van der Waals surface area contributed by atoms with Crippen molar-refractivity contribution in [3.8, 4) is 22.7 Å². The summed E-state index contributed by atoms with van der Waals surface area (Å²) in [6, 6.07) is 9.39. The smallest absolute Gasteiger partial charge is 0.416 e. The van der Waals surface area contributed by atoms with Crippen LogP contribution in [0.4, 0.5) is 22.0 Å². The van der Waals surface area contributed by atoms with Gasteiger partial charge in [-0.25, -0.2) is 4.68 Å². The molecule has 0 saturated carbocycles. The molecule has 1 N–H and O–H groups in total. The average molecular weight is 525 g/mol. The number of aliphatic hydroxyl groups is 1. The Morgan fingerprint density at radius 3 is 2.49 bits per heavy atom. The van der Waals surface area contributed by atoms with Crippen molar-refractivity contribution in [3.63, 3.8) is 0 Å². The molecule has 0 radical (unpaired) electrons. The second-order valence-electron chi connectivity index (χ2n) is 10.0. The summed E-state index contributed by atoms with van der Waals surface area (Å²) in [7, 11) is 0. The van der Waals surface area contributed by atoms with Crippen molar-refractivity contribution in [3.05, 3.63) is 59.8 Å². The largest absolute Gasteiger partial charge is 0.434 e. The van der Waals surface area contributed by atoms with E-state index < -0.39 is 18.4 Å². The minimum absolute atomic E-state index is 0.0163. The van der Waals surface area contributed by atoms with E-state index in [4.69, 9.17) is 4.74 Å². The Morgan fingerprint density at radius 1 is 1.11 bits per heavy atom. The van der Waals surface area contributed by atoms with Gasteiger partial charge in [-0.2, -0.15) is 22.0 Å². The minimum Gasteiger partial charge on any atom is -0.434 e. The molecule has 1 atom stereocenters. The molecule has 1 saturated heterocycles. The van der Waals surface area contributed by atoms with Crippen molar-refractivity contribution in [2.45, 2.75) is 46.0 Å². The Bertz CT molecular complexity index is 1190. The summed E-state index contributed by atoms with van der Waals surface area (Å²) < 4.78 is 71.2. The van der Waals surface area contributed by atoms with Gasteiger partial charge < -0.3 is 9.84 Å². The highest BCUT2D eigenvalue weighted by Gasteiger charge is 2.33. The molecule has 1 aromatic heterocycles. The molecular weight excluding hydrogens is 495 g/mol. The number of hydrogen-bond acceptors (Lipinski definition) is 5. The van der Waals surface area contributed by atoms with E-state index in [-0.39, 0.29) is 23.7 Å². The average Bonchev–Trinajstić information content (AvgIpc) is 3.35. The summed E-state index contributed by atoms with van der Waals surface area (Å²) in [5, 5.41) is 17.8. The zero-order chi connectivity index (χ0) is 26.8. The molecule has 6 nitrogen and oxygen atoms in total. The van der Waals surface area contributed by atoms with Crippen molar-refractivity contribution in [1.29, 1.82) is 0 Å². The number of likely N-dealkylation sites (tertiary alicyclic amines) is 1. The maximum absolute atomic E-state index is 13.2. The first kappa shape index (κ1) is 27.0. The number of rotatable bonds is 8. The second kappa shape index (κ2) is 10.7. The normalized spacial score (nSPS) is 17.4. The Labute approximate surface area is 211 Å². The predicted molar refractivity (Wildman–Crippen MR) is 127 cm³/mol. The molecule has 0 unspecified atom stereocenters. The van der Waals surface area contributed by atoms with Crippen molar-refractivity contribution >= 4 is 0 Å². The number of nitrogens with zero attached hydrogens (tertiary/aromatic N) is 4. The number of ether oxygens (including phenoxy) is 1. The quantitative estimate of drug-likeness (QED) is 0.378. The SMILES string of the molecule is CC(C)(CO)[C@H]1CCCN(Cc2ccc(-n3cc(-c4ccc(C(F)(F)F)cc4)nn3)cc2OC(F)F)C1. The van der Waals surface area contributed by atoms with Crippen LogP contribution in [0.1, 0.15) is 37.8 Å². The summed E-state index contributed by atoms with van der Waals surface area (Å²) in [6.07, 6.45) is -0.987. The zero-order valence-corrected chi connectivity index (χ0v) is 20.6. The van der Waals surface area contributed by atoms with Gasteiger partial charge in [-0.15, -0.1) is 5.10 Å². The topological polar surface area (TPSA) is 63.4 Å². The number of aromatic nitrogens is 3. The van der Waals surface area contributed by atoms with Gasteiger partial charge in [0.2, 0.25) is 0 Å². The van der Waals surface area contributed by atoms with E-state index in [1.165, 1.54) is 29.1 Å². The van der Waals surface area contributed by atoms with Gasteiger partial charge in [0.15, 0.2) is 0 Å². The van der Waals surface area contributed by atoms with Gasteiger partial charge in [-0.1, -0.05) is 37.3 Å². The van der Waals surface area contributed by atoms with E-state index in [1.807, 2.05) is 13.8 Å². The van der Waals surface area contributed by atoms with Gasteiger partial charge in [0.25, 0.3) is 0 Å². The molecule has 1 aliphatic heterocycles. The number of alkyl halides is 5. The van der Waals surface area contributed by atoms with E-state index in [2.05, 4.69) is 15.2 Å². The molecule has 0 amide bonds. The van der Waals surface area contributed by atoms with Crippen LogP contribution in [0.5, 0.6) is 5.75 Å². The lowest BCUT2D eigenvalue weighted by atomic mass is 9.75. The van der Waals surface area contributed by atoms with E-state index in [9.17, 15) is 27.1 Å². The van der Waals surface area contributed by atoms with Gasteiger partial charge in [-0.05, 0) is 48.9 Å². The highest BCUT2D eigenvalue weighted by atomic mass is 19.4. The molecule has 3 aromatic rings. The highest BCUT2D eigenvalue weighted by Crippen LogP contribution is 2.35. The molecular formula is C26H29F5N4O2. The van der Waals surface area contributed by atoms with Crippen LogP contribution in [0.15, 0.2) is 48.7 Å². The van der Waals surface area contributed by atoms with Crippen LogP contribution in [0.2, 0.25) is 0 Å². The maximum Gasteiger partial charge on any atom is 0.416 e. The number of halogens is 5. The molecule has 1 aliphatic rings. The third kappa shape index (κ3) is 6.45. The maximum atomic E-state index is 13.2. The standard InChI is InChI=1S/C26H29F5N4O2/c1-25(2,16-36)20-4-3-11-34(14-20)13-18-7-10-21(12-23(18)37-24(27)28)35-15-22(32-33-35)17-5-8-19(9-6-17)26(29,30)31/h5-10,12,15,20,24,36H,3-4,11,13-14,16H2,1-2H3/t20-/m0/s1. The number of aliphatic hydroxyl groups excluding tert-OH is 1. The lowest BCUT2D eigenvalue weighted by Crippen LogP contribution is -2.42. The van der Waals surface area contributed by atoms with Crippen LogP contribution >= 0.6 is 0 Å². The highest BCUT2D eigenvalue weighted by molar-refractivity contribution is 5.59. The molecule has 11 heteroatoms. The van der Waals surface area contributed by atoms with Gasteiger partial charge >= 0.3 is 12.8 Å². The minimum atomic E-state index is -4.44. The van der Waals surface area contributed by atoms with Crippen LogP contribution in [-0.4, -0.2) is 51.3 Å². The Hall–Kier alpha value is -3.05. The molecule has 2 aromatic carbocycles. The summed E-state index contributed by atoms with van der Waals surface area (Å²) in [5.74, 6) is 0.298. The predicted octanol–water partition coefficient (Wildman–Crippen LogP) is 5.79. The second-order valence-corrected chi connectivity index (χ2v) is 10.0. The van der Waals surface area contributed by atoms with Crippen LogP contribution in [0.3, 0.4) is 0 Å². The van der Waals surface area contributed by atoms with Gasteiger partial charge in [0.1, 0.15) is 11.4 Å². The van der Waals surface area contributed by atoms with Crippen molar-refractivity contribution in [2.75, 3.05) is 19.7 Å². The monoisotopic (exact) mass is 524 g/mol. The Morgan fingerprint density at radius 2 is 1.84 bits per heavy atom. The first-order valence-corrected chi connectivity index (χ1v) is 12.0. The van der Waals surface area contributed by atoms with Crippen molar-refractivity contribution in [1.82, 2.24) is 19.9 Å². The lowest BCUT2D eigenvalue weighted by molar-refractivity contribution is -0.137. The molecule has 200 valence electrons. The molecule has 0 spiro atoms. The third-order valence-corrected chi connectivity index (χ3v) is 6.94. The van der Waals surface area contributed by atoms with Gasteiger partial charge in [0, 0.05) is 36.9 Å². The fourth-order valence-electron chi connectivity index (χ4n) is 4.58. The summed E-state index contributed by atoms with van der Waals surface area (Å²) in [6.45, 7) is 3.07. The Balaban J connectivity index is 1.54. The van der Waals surface area contributed by atoms with E-state index >= 15 is 0 Å². The first-order valence-electron chi connectivity index (χ1n) is 12.0. The number of benzene rings is 2. The fourth-order valence-corrected chi connectivity index (χ4v) is 4.58. The van der Waals surface area contributed by atoms with Crippen molar-refractivity contribution in [2.24, 2.45) is 11.3 Å².